The Bertz CT molecular complexity index is 1120. The second-order valence-corrected chi connectivity index (χ2v) is 7.45. The fraction of sp³-hybridized carbons (Fsp3) is 0.318. The van der Waals surface area contributed by atoms with Gasteiger partial charge in [-0.3, -0.25) is 4.90 Å². The van der Waals surface area contributed by atoms with Crippen molar-refractivity contribution in [2.24, 2.45) is 0 Å². The predicted molar refractivity (Wildman–Crippen MR) is 108 cm³/mol. The van der Waals surface area contributed by atoms with Crippen LogP contribution < -0.4 is 0 Å². The number of hydrogen-bond acceptors (Lipinski definition) is 6. The fourth-order valence-corrected chi connectivity index (χ4v) is 3.79. The number of fused-ring (bicyclic) bond motifs is 1. The molecule has 1 atom stereocenters. The molecule has 1 unspecified atom stereocenters. The molecule has 0 saturated carbocycles. The number of nitrogens with zero attached hydrogens (tertiary/aromatic N) is 5. The van der Waals surface area contributed by atoms with Gasteiger partial charge in [0.25, 0.3) is 0 Å². The van der Waals surface area contributed by atoms with Crippen molar-refractivity contribution in [2.45, 2.75) is 26.5 Å². The van der Waals surface area contributed by atoms with E-state index in [0.717, 1.165) is 59.3 Å². The highest BCUT2D eigenvalue weighted by Crippen LogP contribution is 2.24. The zero-order chi connectivity index (χ0) is 19.8. The number of aromatic nitrogens is 4. The molecular formula is C22H23N5O2. The van der Waals surface area contributed by atoms with E-state index in [0.29, 0.717) is 6.61 Å². The first-order chi connectivity index (χ1) is 14.2. The van der Waals surface area contributed by atoms with Gasteiger partial charge in [0, 0.05) is 37.0 Å². The molecule has 29 heavy (non-hydrogen) atoms. The Hall–Kier alpha value is -3.03. The van der Waals surface area contributed by atoms with Crippen LogP contribution in [0.1, 0.15) is 28.9 Å². The van der Waals surface area contributed by atoms with Crippen LogP contribution in [0.25, 0.3) is 16.8 Å². The molecule has 3 aromatic heterocycles. The van der Waals surface area contributed by atoms with Crippen LogP contribution in [0, 0.1) is 13.8 Å². The van der Waals surface area contributed by atoms with Crippen LogP contribution in [0.4, 0.5) is 0 Å². The van der Waals surface area contributed by atoms with Gasteiger partial charge in [-0.05, 0) is 31.5 Å². The summed E-state index contributed by atoms with van der Waals surface area (Å²) in [6.07, 6.45) is 1.87. The van der Waals surface area contributed by atoms with Crippen LogP contribution >= 0.6 is 0 Å². The summed E-state index contributed by atoms with van der Waals surface area (Å²) in [4.78, 5) is 7.06. The molecule has 7 heteroatoms. The van der Waals surface area contributed by atoms with Crippen molar-refractivity contribution >= 4 is 5.65 Å². The zero-order valence-corrected chi connectivity index (χ0v) is 16.6. The van der Waals surface area contributed by atoms with Gasteiger partial charge in [-0.25, -0.2) is 9.50 Å². The number of hydrogen-bond donors (Lipinski definition) is 0. The predicted octanol–water partition coefficient (Wildman–Crippen LogP) is 3.57. The van der Waals surface area contributed by atoms with Crippen molar-refractivity contribution in [3.63, 3.8) is 0 Å². The lowest BCUT2D eigenvalue weighted by Gasteiger charge is -2.31. The minimum Gasteiger partial charge on any atom is -0.367 e. The van der Waals surface area contributed by atoms with Gasteiger partial charge in [0.05, 0.1) is 12.3 Å². The maximum absolute atomic E-state index is 6.00. The molecule has 1 saturated heterocycles. The maximum atomic E-state index is 6.00. The van der Waals surface area contributed by atoms with Gasteiger partial charge < -0.3 is 9.26 Å². The average molecular weight is 389 g/mol. The van der Waals surface area contributed by atoms with Crippen molar-refractivity contribution in [1.29, 1.82) is 0 Å². The van der Waals surface area contributed by atoms with E-state index in [2.05, 4.69) is 28.3 Å². The smallest absolute Gasteiger partial charge is 0.181 e. The van der Waals surface area contributed by atoms with Gasteiger partial charge in [-0.2, -0.15) is 0 Å². The molecule has 5 rings (SSSR count). The van der Waals surface area contributed by atoms with Crippen LogP contribution in [-0.4, -0.2) is 44.4 Å². The Labute approximate surface area is 168 Å². The van der Waals surface area contributed by atoms with Crippen molar-refractivity contribution in [3.8, 4) is 11.1 Å². The molecular weight excluding hydrogens is 366 g/mol. The number of morpholine rings is 1. The van der Waals surface area contributed by atoms with Gasteiger partial charge in [0.2, 0.25) is 0 Å². The molecule has 0 amide bonds. The summed E-state index contributed by atoms with van der Waals surface area (Å²) in [6.45, 7) is 7.00. The van der Waals surface area contributed by atoms with Crippen LogP contribution in [0.15, 0.2) is 53.2 Å². The largest absolute Gasteiger partial charge is 0.367 e. The molecule has 1 aromatic carbocycles. The molecule has 0 aliphatic carbocycles. The van der Waals surface area contributed by atoms with Crippen molar-refractivity contribution in [2.75, 3.05) is 19.7 Å². The summed E-state index contributed by atoms with van der Waals surface area (Å²) in [5, 5.41) is 8.77. The van der Waals surface area contributed by atoms with E-state index in [1.54, 1.807) is 0 Å². The Morgan fingerprint density at radius 1 is 1.07 bits per heavy atom. The highest BCUT2D eigenvalue weighted by atomic mass is 16.5. The first-order valence-corrected chi connectivity index (χ1v) is 9.85. The highest BCUT2D eigenvalue weighted by Gasteiger charge is 2.27. The molecule has 0 N–H and O–H groups in total. The van der Waals surface area contributed by atoms with E-state index in [-0.39, 0.29) is 6.10 Å². The molecule has 0 spiro atoms. The van der Waals surface area contributed by atoms with Crippen LogP contribution in [0.5, 0.6) is 0 Å². The highest BCUT2D eigenvalue weighted by molar-refractivity contribution is 5.64. The Morgan fingerprint density at radius 3 is 2.72 bits per heavy atom. The molecule has 1 aliphatic rings. The Kier molecular flexibility index (Phi) is 4.61. The Morgan fingerprint density at radius 2 is 1.93 bits per heavy atom. The third-order valence-electron chi connectivity index (χ3n) is 5.46. The van der Waals surface area contributed by atoms with E-state index in [4.69, 9.17) is 19.3 Å². The summed E-state index contributed by atoms with van der Waals surface area (Å²) < 4.78 is 13.1. The molecule has 1 fully saturated rings. The molecule has 148 valence electrons. The number of benzene rings is 1. The lowest BCUT2D eigenvalue weighted by molar-refractivity contribution is -0.0372. The lowest BCUT2D eigenvalue weighted by atomic mass is 10.1. The summed E-state index contributed by atoms with van der Waals surface area (Å²) >= 11 is 0. The minimum atomic E-state index is -0.149. The van der Waals surface area contributed by atoms with Gasteiger partial charge in [0.1, 0.15) is 11.9 Å². The van der Waals surface area contributed by atoms with Gasteiger partial charge in [-0.1, -0.05) is 35.5 Å². The Balaban J connectivity index is 1.37. The van der Waals surface area contributed by atoms with E-state index in [9.17, 15) is 0 Å². The number of pyridine rings is 1. The van der Waals surface area contributed by atoms with Crippen molar-refractivity contribution < 1.29 is 9.26 Å². The molecule has 7 nitrogen and oxygen atoms in total. The molecule has 4 heterocycles. The first kappa shape index (κ1) is 18.0. The van der Waals surface area contributed by atoms with Gasteiger partial charge in [0.15, 0.2) is 11.5 Å². The SMILES string of the molecule is Cc1noc(C)c1CN1CCOC(c2nc3ccc(-c4ccccc4)cn3n2)C1. The minimum absolute atomic E-state index is 0.149. The maximum Gasteiger partial charge on any atom is 0.181 e. The van der Waals surface area contributed by atoms with E-state index in [1.165, 1.54) is 0 Å². The van der Waals surface area contributed by atoms with E-state index < -0.39 is 0 Å². The van der Waals surface area contributed by atoms with E-state index >= 15 is 0 Å². The molecule has 0 bridgehead atoms. The summed E-state index contributed by atoms with van der Waals surface area (Å²) in [5.41, 5.74) is 5.20. The molecule has 0 radical (unpaired) electrons. The van der Waals surface area contributed by atoms with Crippen LogP contribution in [-0.2, 0) is 11.3 Å². The standard InChI is InChI=1S/C22H23N5O2/c1-15-19(16(2)29-25-15)13-26-10-11-28-20(14-26)22-23-21-9-8-18(12-27(21)24-22)17-6-4-3-5-7-17/h3-9,12,20H,10-11,13-14H2,1-2H3. The van der Waals surface area contributed by atoms with Gasteiger partial charge >= 0.3 is 0 Å². The van der Waals surface area contributed by atoms with E-state index in [1.807, 2.05) is 48.8 Å². The number of rotatable bonds is 4. The summed E-state index contributed by atoms with van der Waals surface area (Å²) in [6, 6.07) is 14.4. The topological polar surface area (TPSA) is 68.7 Å². The van der Waals surface area contributed by atoms with Gasteiger partial charge in [-0.15, -0.1) is 5.10 Å². The third-order valence-corrected chi connectivity index (χ3v) is 5.46. The van der Waals surface area contributed by atoms with Crippen LogP contribution in [0.3, 0.4) is 0 Å². The van der Waals surface area contributed by atoms with Crippen molar-refractivity contribution in [3.05, 3.63) is 71.5 Å². The number of aryl methyl sites for hydroxylation is 2. The lowest BCUT2D eigenvalue weighted by Crippen LogP contribution is -2.38. The summed E-state index contributed by atoms with van der Waals surface area (Å²) in [5.74, 6) is 1.60. The molecule has 1 aliphatic heterocycles. The number of ether oxygens (including phenoxy) is 1. The quantitative estimate of drug-likeness (QED) is 0.531. The second kappa shape index (κ2) is 7.42. The van der Waals surface area contributed by atoms with Crippen molar-refractivity contribution in [1.82, 2.24) is 24.7 Å². The average Bonchev–Trinajstić information content (AvgIpc) is 3.32. The second-order valence-electron chi connectivity index (χ2n) is 7.45. The first-order valence-electron chi connectivity index (χ1n) is 9.85. The fourth-order valence-electron chi connectivity index (χ4n) is 3.79. The third kappa shape index (κ3) is 3.54. The normalized spacial score (nSPS) is 17.8. The molecule has 4 aromatic rings. The summed E-state index contributed by atoms with van der Waals surface area (Å²) in [7, 11) is 0. The monoisotopic (exact) mass is 389 g/mol. The zero-order valence-electron chi connectivity index (χ0n) is 16.6. The van der Waals surface area contributed by atoms with Crippen LogP contribution in [0.2, 0.25) is 0 Å².